The van der Waals surface area contributed by atoms with Crippen LogP contribution in [0.3, 0.4) is 0 Å². The van der Waals surface area contributed by atoms with E-state index in [0.717, 1.165) is 35.1 Å². The molecule has 0 unspecified atom stereocenters. The average Bonchev–Trinajstić information content (AvgIpc) is 3.72. The molecule has 9 nitrogen and oxygen atoms in total. The van der Waals surface area contributed by atoms with Gasteiger partial charge in [-0.2, -0.15) is 18.4 Å². The van der Waals surface area contributed by atoms with Crippen molar-refractivity contribution in [2.45, 2.75) is 70.0 Å². The molecule has 2 aromatic carbocycles. The lowest BCUT2D eigenvalue weighted by Crippen LogP contribution is -2.40. The summed E-state index contributed by atoms with van der Waals surface area (Å²) in [5, 5.41) is 21.4. The van der Waals surface area contributed by atoms with E-state index >= 15 is 0 Å². The Labute approximate surface area is 233 Å². The Morgan fingerprint density at radius 3 is 2.41 bits per heavy atom. The zero-order valence-corrected chi connectivity index (χ0v) is 20.5. The molecule has 0 atom stereocenters. The molecule has 1 aliphatic heterocycles. The highest BCUT2D eigenvalue weighted by Gasteiger charge is 2.49. The third-order valence-corrected chi connectivity index (χ3v) is 6.42. The SMILES string of the molecule is O=C(O)C(F)(F)F.[2H]C([2H])([2H])C([2H])([2H])C([2H])([2H])CC1=NC2(CCCC2)C(=O)N1Cc1ccc(-c2ccccc2-c2nn[nH]n2)cc1. The number of aromatic nitrogens is 4. The molecule has 39 heavy (non-hydrogen) atoms. The van der Waals surface area contributed by atoms with Crippen molar-refractivity contribution >= 4 is 17.7 Å². The third kappa shape index (κ3) is 6.32. The molecular weight excluding hydrogens is 513 g/mol. The number of amides is 1. The van der Waals surface area contributed by atoms with Crippen LogP contribution in [0.15, 0.2) is 53.5 Å². The number of benzene rings is 2. The van der Waals surface area contributed by atoms with Gasteiger partial charge in [0.15, 0.2) is 0 Å². The van der Waals surface area contributed by atoms with Crippen molar-refractivity contribution < 1.29 is 37.5 Å². The van der Waals surface area contributed by atoms with Crippen LogP contribution in [0.2, 0.25) is 0 Å². The molecule has 1 amide bonds. The van der Waals surface area contributed by atoms with Gasteiger partial charge in [-0.25, -0.2) is 4.79 Å². The van der Waals surface area contributed by atoms with E-state index in [4.69, 9.17) is 19.5 Å². The van der Waals surface area contributed by atoms with Crippen molar-refractivity contribution in [3.05, 3.63) is 54.1 Å². The monoisotopic (exact) mass is 549 g/mol. The number of carbonyl (C=O) groups excluding carboxylic acids is 1. The van der Waals surface area contributed by atoms with Crippen molar-refractivity contribution in [3.63, 3.8) is 0 Å². The van der Waals surface area contributed by atoms with E-state index in [2.05, 4.69) is 25.6 Å². The summed E-state index contributed by atoms with van der Waals surface area (Å²) >= 11 is 0. The number of halogens is 3. The molecule has 0 radical (unpaired) electrons. The predicted molar refractivity (Wildman–Crippen MR) is 137 cm³/mol. The molecule has 0 saturated heterocycles. The van der Waals surface area contributed by atoms with Crippen molar-refractivity contribution in [3.8, 4) is 22.5 Å². The van der Waals surface area contributed by atoms with Gasteiger partial charge in [-0.05, 0) is 41.1 Å². The smallest absolute Gasteiger partial charge is 0.475 e. The molecule has 206 valence electrons. The van der Waals surface area contributed by atoms with Crippen LogP contribution < -0.4 is 0 Å². The van der Waals surface area contributed by atoms with Crippen LogP contribution in [0, 0.1) is 0 Å². The molecule has 0 bridgehead atoms. The number of aliphatic imine (C=N–C) groups is 1. The maximum absolute atomic E-state index is 13.6. The molecule has 1 saturated carbocycles. The van der Waals surface area contributed by atoms with Crippen LogP contribution in [0.1, 0.15) is 66.9 Å². The predicted octanol–water partition coefficient (Wildman–Crippen LogP) is 5.41. The first kappa shape index (κ1) is 19.9. The lowest BCUT2D eigenvalue weighted by atomic mass is 9.97. The Bertz CT molecular complexity index is 1590. The van der Waals surface area contributed by atoms with Gasteiger partial charge < -0.3 is 5.11 Å². The minimum atomic E-state index is -5.08. The minimum Gasteiger partial charge on any atom is -0.475 e. The fourth-order valence-corrected chi connectivity index (χ4v) is 4.61. The first-order valence-corrected chi connectivity index (χ1v) is 11.9. The van der Waals surface area contributed by atoms with Gasteiger partial charge in [0.25, 0.3) is 5.91 Å². The lowest BCUT2D eigenvalue weighted by Gasteiger charge is -2.23. The summed E-state index contributed by atoms with van der Waals surface area (Å²) in [5.74, 6) is -2.45. The first-order valence-electron chi connectivity index (χ1n) is 15.4. The van der Waals surface area contributed by atoms with Gasteiger partial charge in [-0.15, -0.1) is 10.2 Å². The fraction of sp³-hybridized carbons (Fsp3) is 0.407. The summed E-state index contributed by atoms with van der Waals surface area (Å²) in [7, 11) is 0. The maximum atomic E-state index is 13.6. The molecule has 3 aromatic rings. The number of hydrogen-bond donors (Lipinski definition) is 2. The van der Waals surface area contributed by atoms with Crippen LogP contribution in [0.4, 0.5) is 13.2 Å². The lowest BCUT2D eigenvalue weighted by molar-refractivity contribution is -0.192. The van der Waals surface area contributed by atoms with Gasteiger partial charge in [0.1, 0.15) is 11.4 Å². The van der Waals surface area contributed by atoms with Gasteiger partial charge in [-0.1, -0.05) is 74.6 Å². The van der Waals surface area contributed by atoms with Crippen molar-refractivity contribution in [2.24, 2.45) is 4.99 Å². The number of rotatable bonds is 7. The van der Waals surface area contributed by atoms with Gasteiger partial charge in [0, 0.05) is 21.6 Å². The highest BCUT2D eigenvalue weighted by Crippen LogP contribution is 2.40. The number of nitrogens with zero attached hydrogens (tertiary/aromatic N) is 5. The van der Waals surface area contributed by atoms with Crippen molar-refractivity contribution in [1.82, 2.24) is 25.5 Å². The van der Waals surface area contributed by atoms with E-state index in [0.29, 0.717) is 18.7 Å². The van der Waals surface area contributed by atoms with E-state index in [-0.39, 0.29) is 18.3 Å². The van der Waals surface area contributed by atoms with E-state index < -0.39 is 43.7 Å². The zero-order chi connectivity index (χ0) is 34.1. The quantitative estimate of drug-likeness (QED) is 0.406. The molecule has 2 heterocycles. The molecule has 2 aliphatic rings. The molecule has 1 aliphatic carbocycles. The van der Waals surface area contributed by atoms with E-state index in [1.807, 2.05) is 48.5 Å². The summed E-state index contributed by atoms with van der Waals surface area (Å²) < 4.78 is 87.0. The van der Waals surface area contributed by atoms with Crippen LogP contribution in [-0.2, 0) is 16.1 Å². The number of tetrazole rings is 1. The second-order valence-corrected chi connectivity index (χ2v) is 8.92. The fourth-order valence-electron chi connectivity index (χ4n) is 4.61. The number of alkyl halides is 3. The average molecular weight is 550 g/mol. The molecule has 1 fully saturated rings. The van der Waals surface area contributed by atoms with Crippen molar-refractivity contribution in [2.75, 3.05) is 0 Å². The van der Waals surface area contributed by atoms with E-state index in [9.17, 15) is 18.0 Å². The van der Waals surface area contributed by atoms with Gasteiger partial charge in [0.2, 0.25) is 5.82 Å². The molecular formula is C27H29F3N6O3. The van der Waals surface area contributed by atoms with E-state index in [1.165, 1.54) is 4.90 Å². The number of nitrogens with one attached hydrogen (secondary N) is 1. The number of hydrogen-bond acceptors (Lipinski definition) is 6. The zero-order valence-electron chi connectivity index (χ0n) is 27.5. The largest absolute Gasteiger partial charge is 0.490 e. The van der Waals surface area contributed by atoms with Gasteiger partial charge in [0.05, 0.1) is 6.54 Å². The number of carboxylic acid groups (broad SMARTS) is 1. The second kappa shape index (κ2) is 11.7. The molecule has 1 aromatic heterocycles. The standard InChI is InChI=1S/C25H28N6O.C2HF3O2/c1-2-3-10-22-26-25(15-6-7-16-25)24(32)31(22)17-18-11-13-19(14-12-18)20-8-4-5-9-21(20)23-27-29-30-28-23;3-2(4,5)1(6)7/h4-5,8-9,11-14H,2-3,6-7,10,15-17H2,1H3,(H,27,28,29,30);(H,6,7)/i1D3,2D2,3D2;. The number of aliphatic carboxylic acids is 1. The van der Waals surface area contributed by atoms with Crippen LogP contribution in [0.25, 0.3) is 22.5 Å². The number of amidine groups is 1. The molecule has 2 N–H and O–H groups in total. The Morgan fingerprint density at radius 2 is 1.82 bits per heavy atom. The Kier molecular flexibility index (Phi) is 6.00. The topological polar surface area (TPSA) is 124 Å². The van der Waals surface area contributed by atoms with Crippen LogP contribution in [0.5, 0.6) is 0 Å². The molecule has 12 heteroatoms. The summed E-state index contributed by atoms with van der Waals surface area (Å²) in [6.45, 7) is -3.07. The highest BCUT2D eigenvalue weighted by molar-refractivity contribution is 6.08. The Hall–Kier alpha value is -4.09. The number of H-pyrrole nitrogens is 1. The second-order valence-electron chi connectivity index (χ2n) is 8.92. The van der Waals surface area contributed by atoms with Gasteiger partial charge >= 0.3 is 12.1 Å². The molecule has 5 rings (SSSR count). The van der Waals surface area contributed by atoms with E-state index in [1.54, 1.807) is 0 Å². The Morgan fingerprint density at radius 1 is 1.15 bits per heavy atom. The highest BCUT2D eigenvalue weighted by atomic mass is 19.4. The minimum absolute atomic E-state index is 0.0894. The normalized spacial score (nSPS) is 20.0. The molecule has 1 spiro atoms. The number of aromatic amines is 1. The van der Waals surface area contributed by atoms with Crippen molar-refractivity contribution in [1.29, 1.82) is 0 Å². The maximum Gasteiger partial charge on any atom is 0.490 e. The number of carboxylic acids is 1. The summed E-state index contributed by atoms with van der Waals surface area (Å²) in [6.07, 6.45) is -8.91. The summed E-state index contributed by atoms with van der Waals surface area (Å²) in [5.41, 5.74) is 2.38. The first-order chi connectivity index (χ1) is 21.3. The third-order valence-electron chi connectivity index (χ3n) is 6.42. The summed E-state index contributed by atoms with van der Waals surface area (Å²) in [4.78, 5) is 28.5. The summed E-state index contributed by atoms with van der Waals surface area (Å²) in [6, 6.07) is 15.2. The Balaban J connectivity index is 0.000000617. The van der Waals surface area contributed by atoms with Gasteiger partial charge in [-0.3, -0.25) is 14.7 Å². The van der Waals surface area contributed by atoms with Crippen LogP contribution >= 0.6 is 0 Å². The van der Waals surface area contributed by atoms with Crippen LogP contribution in [-0.4, -0.2) is 60.1 Å². The number of carbonyl (C=O) groups is 2.